The molecule has 0 saturated carbocycles. The first-order valence-electron chi connectivity index (χ1n) is 17.8. The second-order valence-electron chi connectivity index (χ2n) is 13.4. The van der Waals surface area contributed by atoms with Gasteiger partial charge in [-0.1, -0.05) is 42.5 Å². The molecule has 4 heterocycles. The van der Waals surface area contributed by atoms with Crippen molar-refractivity contribution in [1.82, 2.24) is 20.0 Å². The van der Waals surface area contributed by atoms with Gasteiger partial charge in [-0.3, -0.25) is 24.1 Å². The zero-order chi connectivity index (χ0) is 34.8. The lowest BCUT2D eigenvalue weighted by molar-refractivity contribution is -0.160. The van der Waals surface area contributed by atoms with Gasteiger partial charge in [0, 0.05) is 52.3 Å². The van der Waals surface area contributed by atoms with E-state index in [-0.39, 0.29) is 37.3 Å². The number of allylic oxidation sites excluding steroid dienone is 1. The molecule has 4 fully saturated rings. The second kappa shape index (κ2) is 17.4. The van der Waals surface area contributed by atoms with Gasteiger partial charge in [0.25, 0.3) is 0 Å². The van der Waals surface area contributed by atoms with Gasteiger partial charge in [0.15, 0.2) is 0 Å². The van der Waals surface area contributed by atoms with E-state index >= 15 is 0 Å². The third kappa shape index (κ3) is 8.25. The summed E-state index contributed by atoms with van der Waals surface area (Å²) in [5, 5.41) is 12.2. The normalized spacial score (nSPS) is 26.6. The monoisotopic (exact) mass is 680 g/mol. The lowest BCUT2D eigenvalue weighted by Gasteiger charge is -2.37. The topological polar surface area (TPSA) is 138 Å². The van der Waals surface area contributed by atoms with E-state index in [4.69, 9.17) is 14.2 Å². The van der Waals surface area contributed by atoms with Crippen LogP contribution in [0.25, 0.3) is 0 Å². The van der Waals surface area contributed by atoms with Crippen molar-refractivity contribution in [2.24, 2.45) is 11.8 Å². The molecule has 0 aromatic heterocycles. The first kappa shape index (κ1) is 36.7. The number of esters is 1. The summed E-state index contributed by atoms with van der Waals surface area (Å²) in [6.07, 6.45) is 5.73. The number of hydrogen-bond donors (Lipinski definition) is 2. The minimum atomic E-state index is -1.15. The molecule has 1 aromatic rings. The SMILES string of the molecule is C=CCCC(=O)NC[C@@H](OC(=O)[C@@H]1[C@@H]2CC[C@]3(O2)[C@H](C(=O)N(CC=C)CCN2CCOCC2)N(CCCCCO)C(=O)[C@@H]13)c1ccccc1. The molecule has 6 atom stereocenters. The first-order chi connectivity index (χ1) is 23.8. The first-order valence-corrected chi connectivity index (χ1v) is 17.8. The Morgan fingerprint density at radius 2 is 1.88 bits per heavy atom. The van der Waals surface area contributed by atoms with Crippen LogP contribution >= 0.6 is 0 Å². The number of rotatable bonds is 19. The Hall–Kier alpha value is -3.58. The second-order valence-corrected chi connectivity index (χ2v) is 13.4. The lowest BCUT2D eigenvalue weighted by Crippen LogP contribution is -2.57. The smallest absolute Gasteiger partial charge is 0.313 e. The zero-order valence-corrected chi connectivity index (χ0v) is 28.5. The molecular weight excluding hydrogens is 628 g/mol. The highest BCUT2D eigenvalue weighted by atomic mass is 16.6. The van der Waals surface area contributed by atoms with E-state index in [1.807, 2.05) is 30.3 Å². The minimum Gasteiger partial charge on any atom is -0.455 e. The van der Waals surface area contributed by atoms with Gasteiger partial charge in [0.1, 0.15) is 17.7 Å². The van der Waals surface area contributed by atoms with Crippen LogP contribution in [-0.2, 0) is 33.4 Å². The van der Waals surface area contributed by atoms with Gasteiger partial charge in [0.2, 0.25) is 17.7 Å². The number of morpholine rings is 1. The third-order valence-corrected chi connectivity index (χ3v) is 10.3. The van der Waals surface area contributed by atoms with Crippen LogP contribution in [0.5, 0.6) is 0 Å². The van der Waals surface area contributed by atoms with Gasteiger partial charge in [-0.05, 0) is 44.1 Å². The quantitative estimate of drug-likeness (QED) is 0.128. The number of ether oxygens (including phenoxy) is 3. The largest absolute Gasteiger partial charge is 0.455 e. The number of benzene rings is 1. The van der Waals surface area contributed by atoms with E-state index in [0.29, 0.717) is 77.9 Å². The molecule has 4 aliphatic rings. The fraction of sp³-hybridized carbons (Fsp3) is 0.622. The molecule has 0 aliphatic carbocycles. The number of unbranched alkanes of at least 4 members (excludes halogenated alkanes) is 2. The molecule has 1 spiro atoms. The van der Waals surface area contributed by atoms with Crippen LogP contribution in [-0.4, -0.2) is 127 Å². The summed E-state index contributed by atoms with van der Waals surface area (Å²) in [5.41, 5.74) is -0.436. The van der Waals surface area contributed by atoms with E-state index in [0.717, 1.165) is 18.7 Å². The number of carbonyl (C=O) groups excluding carboxylic acids is 4. The van der Waals surface area contributed by atoms with E-state index in [9.17, 15) is 24.3 Å². The van der Waals surface area contributed by atoms with E-state index in [1.54, 1.807) is 22.0 Å². The fourth-order valence-corrected chi connectivity index (χ4v) is 7.86. The summed E-state index contributed by atoms with van der Waals surface area (Å²) in [6, 6.07) is 8.32. The maximum absolute atomic E-state index is 14.6. The zero-order valence-electron chi connectivity index (χ0n) is 28.5. The van der Waals surface area contributed by atoms with Crippen molar-refractivity contribution in [3.63, 3.8) is 0 Å². The van der Waals surface area contributed by atoms with Crippen molar-refractivity contribution < 1.29 is 38.5 Å². The van der Waals surface area contributed by atoms with Gasteiger partial charge in [-0.2, -0.15) is 0 Å². The molecule has 2 N–H and O–H groups in total. The predicted molar refractivity (Wildman–Crippen MR) is 182 cm³/mol. The van der Waals surface area contributed by atoms with Crippen molar-refractivity contribution in [1.29, 1.82) is 0 Å². The molecule has 0 radical (unpaired) electrons. The average Bonchev–Trinajstić information content (AvgIpc) is 3.77. The van der Waals surface area contributed by atoms with Crippen molar-refractivity contribution in [2.75, 3.05) is 65.6 Å². The van der Waals surface area contributed by atoms with Crippen LogP contribution in [0.3, 0.4) is 0 Å². The van der Waals surface area contributed by atoms with E-state index in [2.05, 4.69) is 23.4 Å². The number of nitrogens with one attached hydrogen (secondary N) is 1. The maximum Gasteiger partial charge on any atom is 0.313 e. The van der Waals surface area contributed by atoms with Gasteiger partial charge in [-0.25, -0.2) is 0 Å². The number of hydrogen-bond acceptors (Lipinski definition) is 9. The molecule has 12 heteroatoms. The molecule has 3 amide bonds. The van der Waals surface area contributed by atoms with Crippen molar-refractivity contribution in [2.45, 2.75) is 68.8 Å². The van der Waals surface area contributed by atoms with Crippen molar-refractivity contribution in [3.8, 4) is 0 Å². The summed E-state index contributed by atoms with van der Waals surface area (Å²) in [6.45, 7) is 12.3. The fourth-order valence-electron chi connectivity index (χ4n) is 7.86. The van der Waals surface area contributed by atoms with Crippen molar-refractivity contribution in [3.05, 3.63) is 61.2 Å². The summed E-state index contributed by atoms with van der Waals surface area (Å²) in [4.78, 5) is 61.3. The molecule has 12 nitrogen and oxygen atoms in total. The maximum atomic E-state index is 14.6. The number of nitrogens with zero attached hydrogens (tertiary/aromatic N) is 3. The predicted octanol–water partition coefficient (Wildman–Crippen LogP) is 2.24. The number of carbonyl (C=O) groups is 4. The average molecular weight is 681 g/mol. The van der Waals surface area contributed by atoms with Crippen LogP contribution in [0.1, 0.15) is 56.6 Å². The summed E-state index contributed by atoms with van der Waals surface area (Å²) >= 11 is 0. The molecule has 268 valence electrons. The third-order valence-electron chi connectivity index (χ3n) is 10.3. The van der Waals surface area contributed by atoms with Crippen LogP contribution in [0.15, 0.2) is 55.6 Å². The number of amides is 3. The Labute approximate surface area is 289 Å². The number of likely N-dealkylation sites (tertiary alicyclic amines) is 1. The Balaban J connectivity index is 1.38. The van der Waals surface area contributed by atoms with Gasteiger partial charge in [-0.15, -0.1) is 13.2 Å². The molecule has 0 unspecified atom stereocenters. The van der Waals surface area contributed by atoms with Crippen molar-refractivity contribution >= 4 is 23.7 Å². The van der Waals surface area contributed by atoms with Gasteiger partial charge >= 0.3 is 5.97 Å². The highest BCUT2D eigenvalue weighted by Crippen LogP contribution is 2.59. The Kier molecular flexibility index (Phi) is 13.0. The molecule has 1 aromatic carbocycles. The standard InChI is InChI=1S/C37H52N4O8/c1-3-5-14-30(43)38-26-29(27-12-8-6-9-13-27)48-36(46)31-28-15-16-37(49-28)32(31)34(44)41(18-10-7-11-23-42)33(37)35(45)40(17-4-2)20-19-39-21-24-47-25-22-39/h3-4,6,8-9,12-13,28-29,31-33,42H,1-2,5,7,10-11,14-26H2,(H,38,43)/t28-,29+,31+,32+,33-,37+/m0/s1. The highest BCUT2D eigenvalue weighted by Gasteiger charge is 2.75. The lowest BCUT2D eigenvalue weighted by atomic mass is 9.70. The molecule has 4 aliphatic heterocycles. The summed E-state index contributed by atoms with van der Waals surface area (Å²) in [5.74, 6) is -2.97. The number of aliphatic hydroxyl groups is 1. The Bertz CT molecular complexity index is 1320. The minimum absolute atomic E-state index is 0.0491. The Morgan fingerprint density at radius 3 is 2.59 bits per heavy atom. The van der Waals surface area contributed by atoms with Gasteiger partial charge in [0.05, 0.1) is 37.7 Å². The van der Waals surface area contributed by atoms with Crippen LogP contribution in [0.4, 0.5) is 0 Å². The molecule has 49 heavy (non-hydrogen) atoms. The molecule has 2 bridgehead atoms. The molecule has 4 saturated heterocycles. The summed E-state index contributed by atoms with van der Waals surface area (Å²) in [7, 11) is 0. The van der Waals surface area contributed by atoms with Crippen LogP contribution in [0, 0.1) is 11.8 Å². The van der Waals surface area contributed by atoms with E-state index in [1.165, 1.54) is 0 Å². The van der Waals surface area contributed by atoms with Crippen LogP contribution in [0.2, 0.25) is 0 Å². The van der Waals surface area contributed by atoms with E-state index < -0.39 is 41.7 Å². The molecule has 5 rings (SSSR count). The Morgan fingerprint density at radius 1 is 1.10 bits per heavy atom. The van der Waals surface area contributed by atoms with Crippen LogP contribution < -0.4 is 5.32 Å². The number of aliphatic hydroxyl groups excluding tert-OH is 1. The van der Waals surface area contributed by atoms with Gasteiger partial charge < -0.3 is 34.4 Å². The highest BCUT2D eigenvalue weighted by molar-refractivity contribution is 5.98. The molecular formula is C37H52N4O8. The number of fused-ring (bicyclic) bond motifs is 1. The summed E-state index contributed by atoms with van der Waals surface area (Å²) < 4.78 is 18.3.